The fourth-order valence-electron chi connectivity index (χ4n) is 2.32. The van der Waals surface area contributed by atoms with Gasteiger partial charge in [-0.3, -0.25) is 4.98 Å². The number of aliphatic hydroxyl groups is 1. The van der Waals surface area contributed by atoms with E-state index in [9.17, 15) is 5.11 Å². The highest BCUT2D eigenvalue weighted by Gasteiger charge is 2.20. The van der Waals surface area contributed by atoms with Crippen molar-refractivity contribution in [1.29, 1.82) is 0 Å². The standard InChI is InChI=1S/C15H25NO3/c1-6-14(19-7-2)13(17)8-12-11(4)15(18-5)10(3)9-16-12/h9,13-14,17H,6-8H2,1-5H3. The highest BCUT2D eigenvalue weighted by Crippen LogP contribution is 2.25. The van der Waals surface area contributed by atoms with E-state index in [1.807, 2.05) is 27.7 Å². The molecule has 0 bridgehead atoms. The first-order chi connectivity index (χ1) is 9.04. The summed E-state index contributed by atoms with van der Waals surface area (Å²) in [5.41, 5.74) is 2.87. The molecule has 0 saturated carbocycles. The van der Waals surface area contributed by atoms with Gasteiger partial charge in [-0.15, -0.1) is 0 Å². The van der Waals surface area contributed by atoms with Gasteiger partial charge < -0.3 is 14.6 Å². The molecule has 1 aromatic heterocycles. The zero-order valence-corrected chi connectivity index (χ0v) is 12.6. The predicted octanol–water partition coefficient (Wildman–Crippen LogP) is 2.43. The minimum Gasteiger partial charge on any atom is -0.496 e. The van der Waals surface area contributed by atoms with E-state index in [1.54, 1.807) is 13.3 Å². The average Bonchev–Trinajstić information content (AvgIpc) is 2.39. The van der Waals surface area contributed by atoms with E-state index in [2.05, 4.69) is 4.98 Å². The second-order valence-electron chi connectivity index (χ2n) is 4.72. The van der Waals surface area contributed by atoms with E-state index < -0.39 is 6.10 Å². The summed E-state index contributed by atoms with van der Waals surface area (Å²) in [6.45, 7) is 8.50. The number of methoxy groups -OCH3 is 1. The van der Waals surface area contributed by atoms with Crippen molar-refractivity contribution in [1.82, 2.24) is 4.98 Å². The van der Waals surface area contributed by atoms with Crippen LogP contribution in [0.25, 0.3) is 0 Å². The normalized spacial score (nSPS) is 14.2. The molecule has 0 spiro atoms. The maximum Gasteiger partial charge on any atom is 0.128 e. The van der Waals surface area contributed by atoms with Crippen LogP contribution in [0.15, 0.2) is 6.20 Å². The second kappa shape index (κ2) is 7.46. The Labute approximate surface area is 115 Å². The molecule has 0 aliphatic heterocycles. The number of aromatic nitrogens is 1. The van der Waals surface area contributed by atoms with Gasteiger partial charge in [0.25, 0.3) is 0 Å². The Bertz CT molecular complexity index is 407. The van der Waals surface area contributed by atoms with Gasteiger partial charge in [0.2, 0.25) is 0 Å². The van der Waals surface area contributed by atoms with Crippen molar-refractivity contribution < 1.29 is 14.6 Å². The summed E-state index contributed by atoms with van der Waals surface area (Å²) in [4.78, 5) is 4.41. The summed E-state index contributed by atoms with van der Waals surface area (Å²) >= 11 is 0. The Hall–Kier alpha value is -1.13. The lowest BCUT2D eigenvalue weighted by atomic mass is 10.0. The molecular formula is C15H25NO3. The number of hydrogen-bond acceptors (Lipinski definition) is 4. The molecule has 2 unspecified atom stereocenters. The lowest BCUT2D eigenvalue weighted by molar-refractivity contribution is -0.0339. The zero-order valence-electron chi connectivity index (χ0n) is 12.6. The summed E-state index contributed by atoms with van der Waals surface area (Å²) in [6, 6.07) is 0. The molecule has 0 aliphatic carbocycles. The summed E-state index contributed by atoms with van der Waals surface area (Å²) in [5, 5.41) is 10.2. The Morgan fingerprint density at radius 1 is 1.32 bits per heavy atom. The average molecular weight is 267 g/mol. The Morgan fingerprint density at radius 2 is 2.00 bits per heavy atom. The minimum absolute atomic E-state index is 0.140. The minimum atomic E-state index is -0.538. The molecule has 1 rings (SSSR count). The molecule has 1 heterocycles. The topological polar surface area (TPSA) is 51.6 Å². The maximum absolute atomic E-state index is 10.2. The van der Waals surface area contributed by atoms with Gasteiger partial charge in [0.05, 0.1) is 19.3 Å². The van der Waals surface area contributed by atoms with E-state index in [4.69, 9.17) is 9.47 Å². The first kappa shape index (κ1) is 15.9. The zero-order chi connectivity index (χ0) is 14.4. The molecule has 0 fully saturated rings. The van der Waals surface area contributed by atoms with Gasteiger partial charge in [-0.1, -0.05) is 6.92 Å². The molecule has 108 valence electrons. The Balaban J connectivity index is 2.87. The quantitative estimate of drug-likeness (QED) is 0.824. The number of aryl methyl sites for hydroxylation is 1. The summed E-state index contributed by atoms with van der Waals surface area (Å²) in [7, 11) is 1.66. The number of ether oxygens (including phenoxy) is 2. The van der Waals surface area contributed by atoms with Gasteiger partial charge in [-0.25, -0.2) is 0 Å². The predicted molar refractivity (Wildman–Crippen MR) is 75.7 cm³/mol. The van der Waals surface area contributed by atoms with E-state index in [0.29, 0.717) is 13.0 Å². The third kappa shape index (κ3) is 3.91. The lowest BCUT2D eigenvalue weighted by Crippen LogP contribution is -2.31. The number of aliphatic hydroxyl groups excluding tert-OH is 1. The van der Waals surface area contributed by atoms with Crippen LogP contribution in [0.3, 0.4) is 0 Å². The van der Waals surface area contributed by atoms with Crippen LogP contribution in [0, 0.1) is 13.8 Å². The highest BCUT2D eigenvalue weighted by molar-refractivity contribution is 5.41. The Kier molecular flexibility index (Phi) is 6.25. The summed E-state index contributed by atoms with van der Waals surface area (Å²) in [5.74, 6) is 0.849. The summed E-state index contributed by atoms with van der Waals surface area (Å²) < 4.78 is 10.9. The van der Waals surface area contributed by atoms with Gasteiger partial charge in [0, 0.05) is 36.0 Å². The monoisotopic (exact) mass is 267 g/mol. The first-order valence-corrected chi connectivity index (χ1v) is 6.83. The van der Waals surface area contributed by atoms with Gasteiger partial charge in [0.15, 0.2) is 0 Å². The number of hydrogen-bond donors (Lipinski definition) is 1. The largest absolute Gasteiger partial charge is 0.496 e. The van der Waals surface area contributed by atoms with Crippen molar-refractivity contribution in [3.63, 3.8) is 0 Å². The maximum atomic E-state index is 10.2. The van der Waals surface area contributed by atoms with Gasteiger partial charge in [-0.05, 0) is 27.2 Å². The molecule has 1 N–H and O–H groups in total. The SMILES string of the molecule is CCOC(CC)C(O)Cc1ncc(C)c(OC)c1C. The number of pyridine rings is 1. The molecule has 4 heteroatoms. The molecule has 19 heavy (non-hydrogen) atoms. The second-order valence-corrected chi connectivity index (χ2v) is 4.72. The molecule has 0 radical (unpaired) electrons. The van der Waals surface area contributed by atoms with Crippen molar-refractivity contribution >= 4 is 0 Å². The van der Waals surface area contributed by atoms with Crippen LogP contribution in [0.2, 0.25) is 0 Å². The van der Waals surface area contributed by atoms with Gasteiger partial charge in [-0.2, -0.15) is 0 Å². The highest BCUT2D eigenvalue weighted by atomic mass is 16.5. The van der Waals surface area contributed by atoms with E-state index in [-0.39, 0.29) is 6.10 Å². The van der Waals surface area contributed by atoms with Crippen molar-refractivity contribution in [3.8, 4) is 5.75 Å². The van der Waals surface area contributed by atoms with Crippen molar-refractivity contribution in [2.24, 2.45) is 0 Å². The van der Waals surface area contributed by atoms with Crippen LogP contribution >= 0.6 is 0 Å². The lowest BCUT2D eigenvalue weighted by Gasteiger charge is -2.22. The third-order valence-corrected chi connectivity index (χ3v) is 3.36. The molecule has 4 nitrogen and oxygen atoms in total. The molecular weight excluding hydrogens is 242 g/mol. The molecule has 0 aliphatic rings. The van der Waals surface area contributed by atoms with E-state index in [0.717, 1.165) is 29.0 Å². The van der Waals surface area contributed by atoms with Gasteiger partial charge >= 0.3 is 0 Å². The molecule has 0 aromatic carbocycles. The Morgan fingerprint density at radius 3 is 2.53 bits per heavy atom. The van der Waals surface area contributed by atoms with E-state index in [1.165, 1.54) is 0 Å². The molecule has 1 aromatic rings. The molecule has 0 saturated heterocycles. The first-order valence-electron chi connectivity index (χ1n) is 6.83. The van der Waals surface area contributed by atoms with Crippen LogP contribution in [0.1, 0.15) is 37.1 Å². The fourth-order valence-corrected chi connectivity index (χ4v) is 2.32. The van der Waals surface area contributed by atoms with Crippen molar-refractivity contribution in [3.05, 3.63) is 23.0 Å². The number of nitrogens with zero attached hydrogens (tertiary/aromatic N) is 1. The van der Waals surface area contributed by atoms with Crippen LogP contribution in [-0.4, -0.2) is 36.0 Å². The fraction of sp³-hybridized carbons (Fsp3) is 0.667. The van der Waals surface area contributed by atoms with Crippen LogP contribution < -0.4 is 4.74 Å². The van der Waals surface area contributed by atoms with E-state index >= 15 is 0 Å². The van der Waals surface area contributed by atoms with Crippen LogP contribution in [-0.2, 0) is 11.2 Å². The summed E-state index contributed by atoms with van der Waals surface area (Å²) in [6.07, 6.45) is 2.38. The number of rotatable bonds is 7. The van der Waals surface area contributed by atoms with Crippen LogP contribution in [0.4, 0.5) is 0 Å². The smallest absolute Gasteiger partial charge is 0.128 e. The van der Waals surface area contributed by atoms with Crippen LogP contribution in [0.5, 0.6) is 5.75 Å². The third-order valence-electron chi connectivity index (χ3n) is 3.36. The van der Waals surface area contributed by atoms with Gasteiger partial charge in [0.1, 0.15) is 5.75 Å². The molecule has 2 atom stereocenters. The van der Waals surface area contributed by atoms with Crippen molar-refractivity contribution in [2.75, 3.05) is 13.7 Å². The molecule has 0 amide bonds. The van der Waals surface area contributed by atoms with Crippen molar-refractivity contribution in [2.45, 2.75) is 52.7 Å².